The van der Waals surface area contributed by atoms with Crippen LogP contribution in [0.3, 0.4) is 0 Å². The van der Waals surface area contributed by atoms with Crippen molar-refractivity contribution in [1.82, 2.24) is 14.8 Å². The van der Waals surface area contributed by atoms with Gasteiger partial charge in [-0.2, -0.15) is 5.10 Å². The summed E-state index contributed by atoms with van der Waals surface area (Å²) in [5, 5.41) is 15.8. The van der Waals surface area contributed by atoms with Crippen LogP contribution >= 0.6 is 0 Å². The zero-order valence-corrected chi connectivity index (χ0v) is 19.6. The Kier molecular flexibility index (Phi) is 7.69. The first-order valence-corrected chi connectivity index (χ1v) is 10.9. The molecule has 3 aromatic rings. The van der Waals surface area contributed by atoms with Crippen molar-refractivity contribution >= 4 is 17.5 Å². The van der Waals surface area contributed by atoms with Gasteiger partial charge in [0.25, 0.3) is 5.92 Å². The molecule has 0 bridgehead atoms. The number of pyridine rings is 1. The van der Waals surface area contributed by atoms with Crippen LogP contribution in [0.25, 0.3) is 11.1 Å². The zero-order chi connectivity index (χ0) is 23.8. The standard InChI is InChI=1S/C24H27F2N5O2.Li/c1-15(2)31-20(19(13-29-31)23(32)33)8-7-16-5-3-4-6-17(16)18-9-11-28-22(21(18)27)30-12-10-24(25,26)14-30;/h3-6,9,11,13,15H,7-8,10,12,14,27H2,1-2H3,(H,32,33);/q;+1/p-1. The number of carboxylic acids is 1. The Morgan fingerprint density at radius 2 is 1.94 bits per heavy atom. The maximum absolute atomic E-state index is 13.7. The zero-order valence-electron chi connectivity index (χ0n) is 19.6. The number of alkyl halides is 2. The van der Waals surface area contributed by atoms with Crippen molar-refractivity contribution in [3.05, 3.63) is 59.5 Å². The van der Waals surface area contributed by atoms with E-state index in [1.165, 1.54) is 11.1 Å². The van der Waals surface area contributed by atoms with Gasteiger partial charge in [0, 0.05) is 42.0 Å². The molecule has 0 amide bonds. The third-order valence-corrected chi connectivity index (χ3v) is 5.98. The van der Waals surface area contributed by atoms with Gasteiger partial charge in [-0.15, -0.1) is 0 Å². The molecular weight excluding hydrogens is 435 g/mol. The summed E-state index contributed by atoms with van der Waals surface area (Å²) in [6.07, 6.45) is 3.66. The number of nitrogens with zero attached hydrogens (tertiary/aromatic N) is 4. The Hall–Kier alpha value is -2.89. The van der Waals surface area contributed by atoms with E-state index < -0.39 is 18.4 Å². The Bertz CT molecular complexity index is 1180. The number of anilines is 2. The van der Waals surface area contributed by atoms with Crippen molar-refractivity contribution < 1.29 is 37.5 Å². The van der Waals surface area contributed by atoms with Gasteiger partial charge in [0.05, 0.1) is 24.4 Å². The van der Waals surface area contributed by atoms with Gasteiger partial charge in [-0.25, -0.2) is 13.8 Å². The van der Waals surface area contributed by atoms with Gasteiger partial charge in [0.15, 0.2) is 5.82 Å². The van der Waals surface area contributed by atoms with Gasteiger partial charge in [-0.05, 0) is 43.9 Å². The Labute approximate surface area is 209 Å². The second kappa shape index (κ2) is 10.2. The second-order valence-electron chi connectivity index (χ2n) is 8.61. The molecule has 1 fully saturated rings. The van der Waals surface area contributed by atoms with Crippen molar-refractivity contribution in [1.29, 1.82) is 0 Å². The fraction of sp³-hybridized carbons (Fsp3) is 0.375. The van der Waals surface area contributed by atoms with E-state index in [-0.39, 0.29) is 43.4 Å². The summed E-state index contributed by atoms with van der Waals surface area (Å²) in [6.45, 7) is 3.66. The van der Waals surface area contributed by atoms with Crippen LogP contribution in [0.5, 0.6) is 0 Å². The van der Waals surface area contributed by atoms with Gasteiger partial charge in [-0.1, -0.05) is 24.3 Å². The number of rotatable bonds is 7. The fourth-order valence-electron chi connectivity index (χ4n) is 4.37. The van der Waals surface area contributed by atoms with Gasteiger partial charge >= 0.3 is 18.9 Å². The third-order valence-electron chi connectivity index (χ3n) is 5.98. The topological polar surface area (TPSA) is 100 Å². The smallest absolute Gasteiger partial charge is 0.545 e. The maximum Gasteiger partial charge on any atom is 1.00 e. The molecule has 0 unspecified atom stereocenters. The molecule has 7 nitrogen and oxygen atoms in total. The normalized spacial score (nSPS) is 14.9. The molecule has 1 aliphatic heterocycles. The predicted molar refractivity (Wildman–Crippen MR) is 120 cm³/mol. The first kappa shape index (κ1) is 25.7. The predicted octanol–water partition coefficient (Wildman–Crippen LogP) is 0.106. The molecule has 1 aromatic carbocycles. The van der Waals surface area contributed by atoms with Crippen LogP contribution in [-0.2, 0) is 12.8 Å². The van der Waals surface area contributed by atoms with Crippen LogP contribution < -0.4 is 34.6 Å². The van der Waals surface area contributed by atoms with Crippen molar-refractivity contribution in [2.75, 3.05) is 23.7 Å². The van der Waals surface area contributed by atoms with Crippen LogP contribution in [-0.4, -0.2) is 39.7 Å². The number of carbonyl (C=O) groups excluding carboxylic acids is 1. The van der Waals surface area contributed by atoms with E-state index in [9.17, 15) is 18.7 Å². The molecule has 2 aromatic heterocycles. The van der Waals surface area contributed by atoms with E-state index >= 15 is 0 Å². The molecule has 0 aliphatic carbocycles. The summed E-state index contributed by atoms with van der Waals surface area (Å²) in [7, 11) is 0. The average Bonchev–Trinajstić information content (AvgIpc) is 3.36. The van der Waals surface area contributed by atoms with Gasteiger partial charge in [0.1, 0.15) is 0 Å². The summed E-state index contributed by atoms with van der Waals surface area (Å²) >= 11 is 0. The largest absolute Gasteiger partial charge is 1.00 e. The molecule has 0 spiro atoms. The van der Waals surface area contributed by atoms with Gasteiger partial charge in [-0.3, -0.25) is 4.68 Å². The van der Waals surface area contributed by atoms with Crippen LogP contribution in [0.15, 0.2) is 42.7 Å². The van der Waals surface area contributed by atoms with E-state index in [2.05, 4.69) is 10.1 Å². The molecule has 34 heavy (non-hydrogen) atoms. The van der Waals surface area contributed by atoms with Crippen LogP contribution in [0.1, 0.15) is 47.9 Å². The average molecular weight is 461 g/mol. The number of halogens is 2. The first-order valence-electron chi connectivity index (χ1n) is 10.9. The minimum Gasteiger partial charge on any atom is -0.545 e. The summed E-state index contributed by atoms with van der Waals surface area (Å²) in [5.74, 6) is -3.65. The Balaban J connectivity index is 0.00000324. The number of hydrogen-bond acceptors (Lipinski definition) is 6. The van der Waals surface area contributed by atoms with Crippen molar-refractivity contribution in [2.45, 2.75) is 45.1 Å². The van der Waals surface area contributed by atoms with Crippen molar-refractivity contribution in [2.24, 2.45) is 0 Å². The minimum absolute atomic E-state index is 0. The SMILES string of the molecule is CC(C)n1ncc(C(=O)[O-])c1CCc1ccccc1-c1ccnc(N2CCC(F)(F)C2)c1N.[Li+]. The number of nitrogen functional groups attached to an aromatic ring is 1. The summed E-state index contributed by atoms with van der Waals surface area (Å²) in [5.41, 5.74) is 9.98. The molecule has 1 aliphatic rings. The third kappa shape index (κ3) is 5.11. The number of aryl methyl sites for hydroxylation is 1. The quantitative estimate of drug-likeness (QED) is 0.502. The minimum atomic E-state index is -2.75. The maximum atomic E-state index is 13.7. The van der Waals surface area contributed by atoms with Crippen molar-refractivity contribution in [3.8, 4) is 11.1 Å². The Morgan fingerprint density at radius 3 is 2.59 bits per heavy atom. The number of aromatic nitrogens is 3. The van der Waals surface area contributed by atoms with Gasteiger partial charge in [0.2, 0.25) is 0 Å². The van der Waals surface area contributed by atoms with Gasteiger partial charge < -0.3 is 20.5 Å². The molecule has 3 heterocycles. The first-order chi connectivity index (χ1) is 15.7. The molecule has 0 radical (unpaired) electrons. The molecular formula is C24H26F2LiN5O2. The van der Waals surface area contributed by atoms with Crippen LogP contribution in [0.4, 0.5) is 20.3 Å². The van der Waals surface area contributed by atoms with E-state index in [4.69, 9.17) is 5.73 Å². The monoisotopic (exact) mass is 461 g/mol. The van der Waals surface area contributed by atoms with Crippen LogP contribution in [0, 0.1) is 0 Å². The molecule has 0 saturated carbocycles. The van der Waals surface area contributed by atoms with E-state index in [0.717, 1.165) is 11.1 Å². The number of aromatic carboxylic acids is 1. The van der Waals surface area contributed by atoms with E-state index in [1.807, 2.05) is 38.1 Å². The molecule has 1 saturated heterocycles. The molecule has 0 atom stereocenters. The number of benzene rings is 1. The second-order valence-corrected chi connectivity index (χ2v) is 8.61. The Morgan fingerprint density at radius 1 is 1.21 bits per heavy atom. The van der Waals surface area contributed by atoms with Crippen molar-refractivity contribution in [3.63, 3.8) is 0 Å². The number of nitrogens with two attached hydrogens (primary N) is 1. The fourth-order valence-corrected chi connectivity index (χ4v) is 4.37. The van der Waals surface area contributed by atoms with E-state index in [1.54, 1.807) is 16.9 Å². The summed E-state index contributed by atoms with van der Waals surface area (Å²) < 4.78 is 29.2. The summed E-state index contributed by atoms with van der Waals surface area (Å²) in [4.78, 5) is 17.4. The van der Waals surface area contributed by atoms with Crippen LogP contribution in [0.2, 0.25) is 0 Å². The number of hydrogen-bond donors (Lipinski definition) is 1. The summed E-state index contributed by atoms with van der Waals surface area (Å²) in [6, 6.07) is 9.43. The van der Waals surface area contributed by atoms with E-state index in [0.29, 0.717) is 35.6 Å². The molecule has 10 heteroatoms. The molecule has 4 rings (SSSR count). The molecule has 174 valence electrons. The number of carboxylic acid groups (broad SMARTS) is 1. The number of carbonyl (C=O) groups is 1. The molecule has 2 N–H and O–H groups in total.